The molecule has 6 heteroatoms. The molecule has 0 saturated carbocycles. The zero-order valence-corrected chi connectivity index (χ0v) is 21.8. The van der Waals surface area contributed by atoms with Crippen LogP contribution in [-0.2, 0) is 19.1 Å². The van der Waals surface area contributed by atoms with Crippen LogP contribution in [0.3, 0.4) is 0 Å². The van der Waals surface area contributed by atoms with E-state index in [0.717, 1.165) is 19.3 Å². The molecule has 0 aliphatic carbocycles. The number of unbranched alkanes of at least 4 members (excludes halogenated alkanes) is 1. The minimum absolute atomic E-state index is 0.103. The van der Waals surface area contributed by atoms with E-state index in [9.17, 15) is 14.4 Å². The highest BCUT2D eigenvalue weighted by Crippen LogP contribution is 2.26. The average Bonchev–Trinajstić information content (AvgIpc) is 2.66. The first-order chi connectivity index (χ1) is 14.5. The largest absolute Gasteiger partial charge is 0.462 e. The normalized spacial score (nSPS) is 11.4. The quantitative estimate of drug-likeness (QED) is 0.320. The number of rotatable bonds is 11. The van der Waals surface area contributed by atoms with Crippen LogP contribution in [0.2, 0.25) is 0 Å². The standard InChI is InChI=1S/C11H21NO.C11H20O2.C4H7NO/c1-7-9(13)12-11(5,6)8-10(2,3)4;1-4-7-8-10(5-2)9-13-11(12)6-3;1-3(2)4(5)6/h7H,1,8H2,2-6H3,(H,12,13);6,10H,3-5,7-9H2,1-2H3;1H2,2H3,(H2,5,6). The van der Waals surface area contributed by atoms with Crippen LogP contribution < -0.4 is 11.1 Å². The third kappa shape index (κ3) is 25.7. The highest BCUT2D eigenvalue weighted by atomic mass is 16.5. The number of esters is 1. The average molecular weight is 453 g/mol. The molecule has 0 rings (SSSR count). The van der Waals surface area contributed by atoms with Crippen LogP contribution in [0, 0.1) is 11.3 Å². The van der Waals surface area contributed by atoms with Gasteiger partial charge in [0.05, 0.1) is 6.61 Å². The number of hydrogen-bond acceptors (Lipinski definition) is 4. The minimum atomic E-state index is -0.435. The molecule has 0 fully saturated rings. The number of nitrogens with one attached hydrogen (secondary N) is 1. The summed E-state index contributed by atoms with van der Waals surface area (Å²) < 4.78 is 4.98. The van der Waals surface area contributed by atoms with Crippen molar-refractivity contribution in [2.75, 3.05) is 6.61 Å². The summed E-state index contributed by atoms with van der Waals surface area (Å²) in [4.78, 5) is 31.7. The Kier molecular flexibility index (Phi) is 19.5. The SMILES string of the molecule is C=C(C)C(N)=O.C=CC(=O)NC(C)(C)CC(C)(C)C.C=CC(=O)OCC(CC)CCCC. The summed E-state index contributed by atoms with van der Waals surface area (Å²) in [6.07, 6.45) is 8.11. The van der Waals surface area contributed by atoms with E-state index in [-0.39, 0.29) is 22.8 Å². The molecule has 0 heterocycles. The van der Waals surface area contributed by atoms with Crippen molar-refractivity contribution in [2.45, 2.75) is 93.0 Å². The maximum Gasteiger partial charge on any atom is 0.330 e. The first-order valence-electron chi connectivity index (χ1n) is 11.2. The molecule has 0 aromatic carbocycles. The van der Waals surface area contributed by atoms with E-state index in [4.69, 9.17) is 10.5 Å². The van der Waals surface area contributed by atoms with Crippen molar-refractivity contribution in [3.63, 3.8) is 0 Å². The zero-order valence-electron chi connectivity index (χ0n) is 21.8. The van der Waals surface area contributed by atoms with Crippen molar-refractivity contribution in [3.8, 4) is 0 Å². The van der Waals surface area contributed by atoms with Gasteiger partial charge in [-0.3, -0.25) is 9.59 Å². The second kappa shape index (κ2) is 18.2. The van der Waals surface area contributed by atoms with E-state index in [2.05, 4.69) is 59.7 Å². The molecular weight excluding hydrogens is 404 g/mol. The van der Waals surface area contributed by atoms with Gasteiger partial charge in [-0.1, -0.05) is 73.6 Å². The summed E-state index contributed by atoms with van der Waals surface area (Å²) in [6.45, 7) is 27.0. The van der Waals surface area contributed by atoms with Crippen molar-refractivity contribution in [1.82, 2.24) is 5.32 Å². The van der Waals surface area contributed by atoms with Crippen molar-refractivity contribution >= 4 is 17.8 Å². The Bertz CT molecular complexity index is 589. The fourth-order valence-corrected chi connectivity index (χ4v) is 2.91. The Morgan fingerprint density at radius 3 is 1.88 bits per heavy atom. The van der Waals surface area contributed by atoms with Gasteiger partial charge < -0.3 is 15.8 Å². The first kappa shape index (κ1) is 34.2. The lowest BCUT2D eigenvalue weighted by Crippen LogP contribution is -2.45. The van der Waals surface area contributed by atoms with E-state index in [1.54, 1.807) is 6.92 Å². The second-order valence-electron chi connectivity index (χ2n) is 9.71. The van der Waals surface area contributed by atoms with Crippen LogP contribution in [0.25, 0.3) is 0 Å². The van der Waals surface area contributed by atoms with Crippen LogP contribution in [0.5, 0.6) is 0 Å². The fourth-order valence-electron chi connectivity index (χ4n) is 2.91. The van der Waals surface area contributed by atoms with Gasteiger partial charge in [0.25, 0.3) is 0 Å². The molecule has 0 aromatic heterocycles. The Morgan fingerprint density at radius 1 is 1.06 bits per heavy atom. The first-order valence-corrected chi connectivity index (χ1v) is 11.2. The van der Waals surface area contributed by atoms with E-state index in [1.165, 1.54) is 25.0 Å². The molecule has 0 aliphatic heterocycles. The third-order valence-corrected chi connectivity index (χ3v) is 4.21. The monoisotopic (exact) mass is 452 g/mol. The molecule has 0 saturated heterocycles. The molecule has 32 heavy (non-hydrogen) atoms. The smallest absolute Gasteiger partial charge is 0.330 e. The van der Waals surface area contributed by atoms with E-state index in [0.29, 0.717) is 18.1 Å². The molecule has 2 amide bonds. The highest BCUT2D eigenvalue weighted by Gasteiger charge is 2.26. The molecule has 6 nitrogen and oxygen atoms in total. The second-order valence-corrected chi connectivity index (χ2v) is 9.71. The van der Waals surface area contributed by atoms with Crippen LogP contribution in [0.15, 0.2) is 37.5 Å². The molecule has 0 radical (unpaired) electrons. The molecule has 1 atom stereocenters. The van der Waals surface area contributed by atoms with Gasteiger partial charge in [0.15, 0.2) is 0 Å². The zero-order chi connectivity index (χ0) is 26.0. The molecule has 186 valence electrons. The summed E-state index contributed by atoms with van der Waals surface area (Å²) in [5.41, 5.74) is 5.15. The molecular formula is C26H48N2O4. The number of carbonyl (C=O) groups is 3. The number of amides is 2. The van der Waals surface area contributed by atoms with Crippen LogP contribution in [0.1, 0.15) is 87.5 Å². The van der Waals surface area contributed by atoms with Crippen molar-refractivity contribution in [2.24, 2.45) is 17.1 Å². The van der Waals surface area contributed by atoms with Gasteiger partial charge in [-0.15, -0.1) is 0 Å². The lowest BCUT2D eigenvalue weighted by molar-refractivity contribution is -0.139. The summed E-state index contributed by atoms with van der Waals surface area (Å²) in [7, 11) is 0. The van der Waals surface area contributed by atoms with Crippen molar-refractivity contribution in [1.29, 1.82) is 0 Å². The summed E-state index contributed by atoms with van der Waals surface area (Å²) in [6, 6.07) is 0. The molecule has 0 aromatic rings. The predicted molar refractivity (Wildman–Crippen MR) is 135 cm³/mol. The molecule has 1 unspecified atom stereocenters. The summed E-state index contributed by atoms with van der Waals surface area (Å²) in [5.74, 6) is -0.331. The van der Waals surface area contributed by atoms with Gasteiger partial charge in [-0.05, 0) is 51.0 Å². The maximum absolute atomic E-state index is 11.1. The van der Waals surface area contributed by atoms with Gasteiger partial charge in [0.1, 0.15) is 0 Å². The number of primary amides is 1. The Balaban J connectivity index is -0.000000422. The lowest BCUT2D eigenvalue weighted by Gasteiger charge is -2.32. The van der Waals surface area contributed by atoms with E-state index >= 15 is 0 Å². The van der Waals surface area contributed by atoms with Crippen molar-refractivity contribution in [3.05, 3.63) is 37.5 Å². The topological polar surface area (TPSA) is 98.5 Å². The number of hydrogen-bond donors (Lipinski definition) is 2. The number of ether oxygens (including phenoxy) is 1. The van der Waals surface area contributed by atoms with Crippen LogP contribution in [-0.4, -0.2) is 29.9 Å². The minimum Gasteiger partial charge on any atom is -0.462 e. The molecule has 0 spiro atoms. The molecule has 3 N–H and O–H groups in total. The third-order valence-electron chi connectivity index (χ3n) is 4.21. The maximum atomic E-state index is 11.1. The summed E-state index contributed by atoms with van der Waals surface area (Å²) in [5, 5.41) is 2.91. The van der Waals surface area contributed by atoms with E-state index in [1.807, 2.05) is 13.8 Å². The predicted octanol–water partition coefficient (Wildman–Crippen LogP) is 5.48. The fraction of sp³-hybridized carbons (Fsp3) is 0.654. The Hall–Kier alpha value is -2.37. The van der Waals surface area contributed by atoms with E-state index < -0.39 is 5.91 Å². The molecule has 0 aliphatic rings. The summed E-state index contributed by atoms with van der Waals surface area (Å²) >= 11 is 0. The van der Waals surface area contributed by atoms with Gasteiger partial charge >= 0.3 is 5.97 Å². The lowest BCUT2D eigenvalue weighted by atomic mass is 9.82. The van der Waals surface area contributed by atoms with Gasteiger partial charge in [-0.2, -0.15) is 0 Å². The van der Waals surface area contributed by atoms with Gasteiger partial charge in [-0.25, -0.2) is 4.79 Å². The molecule has 0 bridgehead atoms. The van der Waals surface area contributed by atoms with Gasteiger partial charge in [0.2, 0.25) is 11.8 Å². The Labute approximate surface area is 196 Å². The van der Waals surface area contributed by atoms with Crippen LogP contribution >= 0.6 is 0 Å². The number of carbonyl (C=O) groups excluding carboxylic acids is 3. The Morgan fingerprint density at radius 2 is 1.56 bits per heavy atom. The highest BCUT2D eigenvalue weighted by molar-refractivity contribution is 5.90. The van der Waals surface area contributed by atoms with Crippen LogP contribution in [0.4, 0.5) is 0 Å². The number of nitrogens with two attached hydrogens (primary N) is 1. The van der Waals surface area contributed by atoms with Gasteiger partial charge in [0, 0.05) is 17.2 Å². The van der Waals surface area contributed by atoms with Crippen molar-refractivity contribution < 1.29 is 19.1 Å².